The number of rotatable bonds is 0. The van der Waals surface area contributed by atoms with E-state index in [4.69, 9.17) is 5.73 Å². The van der Waals surface area contributed by atoms with Gasteiger partial charge in [-0.25, -0.2) is 4.21 Å². The third-order valence-corrected chi connectivity index (χ3v) is 6.58. The Morgan fingerprint density at radius 1 is 1.30 bits per heavy atom. The summed E-state index contributed by atoms with van der Waals surface area (Å²) in [6.45, 7) is 0. The van der Waals surface area contributed by atoms with E-state index in [2.05, 4.69) is 34.5 Å². The van der Waals surface area contributed by atoms with Crippen LogP contribution in [0.3, 0.4) is 0 Å². The molecule has 2 aromatic rings. The molecule has 2 heterocycles. The molecule has 20 heavy (non-hydrogen) atoms. The summed E-state index contributed by atoms with van der Waals surface area (Å²) in [7, 11) is -2.45. The average molecular weight is 302 g/mol. The maximum absolute atomic E-state index is 12.2. The summed E-state index contributed by atoms with van der Waals surface area (Å²) in [6, 6.07) is 8.48. The van der Waals surface area contributed by atoms with Crippen molar-refractivity contribution in [3.05, 3.63) is 45.8 Å². The van der Waals surface area contributed by atoms with Gasteiger partial charge in [0.05, 0.1) is 15.5 Å². The largest absolute Gasteiger partial charge is 0.383 e. The maximum atomic E-state index is 12.2. The van der Waals surface area contributed by atoms with E-state index >= 15 is 0 Å². The number of aryl methyl sites for hydroxylation is 1. The number of hydrogen-bond acceptors (Lipinski definition) is 3. The van der Waals surface area contributed by atoms with Gasteiger partial charge in [-0.3, -0.25) is 0 Å². The lowest BCUT2D eigenvalue weighted by Gasteiger charge is -2.18. The Kier molecular flexibility index (Phi) is 2.41. The van der Waals surface area contributed by atoms with Crippen LogP contribution < -0.4 is 5.73 Å². The molecular weight excluding hydrogens is 288 g/mol. The Balaban J connectivity index is 2.00. The fraction of sp³-hybridized carbons (Fsp3) is 0.200. The first kappa shape index (κ1) is 12.2. The monoisotopic (exact) mass is 302 g/mol. The molecule has 0 radical (unpaired) electrons. The maximum Gasteiger partial charge on any atom is 0.142 e. The van der Waals surface area contributed by atoms with E-state index in [9.17, 15) is 4.21 Å². The summed E-state index contributed by atoms with van der Waals surface area (Å²) in [5, 5.41) is 0. The second-order valence-electron chi connectivity index (χ2n) is 5.26. The van der Waals surface area contributed by atoms with Gasteiger partial charge in [0.25, 0.3) is 0 Å². The minimum Gasteiger partial charge on any atom is -0.383 e. The molecule has 0 saturated heterocycles. The van der Waals surface area contributed by atoms with E-state index < -0.39 is 9.71 Å². The van der Waals surface area contributed by atoms with E-state index in [1.165, 1.54) is 21.6 Å². The molecule has 0 spiro atoms. The van der Waals surface area contributed by atoms with Crippen LogP contribution in [0.5, 0.6) is 0 Å². The Labute approximate surface area is 122 Å². The third-order valence-electron chi connectivity index (χ3n) is 3.86. The van der Waals surface area contributed by atoms with Crippen LogP contribution in [0.1, 0.15) is 21.6 Å². The molecule has 1 aliphatic carbocycles. The predicted molar refractivity (Wildman–Crippen MR) is 86.9 cm³/mol. The topological polar surface area (TPSA) is 55.5 Å². The third kappa shape index (κ3) is 1.66. The first-order valence-corrected chi connectivity index (χ1v) is 9.15. The van der Waals surface area contributed by atoms with Crippen LogP contribution in [0.2, 0.25) is 0 Å². The molecule has 1 atom stereocenters. The van der Waals surface area contributed by atoms with Crippen molar-refractivity contribution in [3.63, 3.8) is 0 Å². The van der Waals surface area contributed by atoms with Crippen LogP contribution in [-0.4, -0.2) is 15.9 Å². The summed E-state index contributed by atoms with van der Waals surface area (Å²) >= 11 is 1.71. The van der Waals surface area contributed by atoms with Gasteiger partial charge in [-0.05, 0) is 35.4 Å². The van der Waals surface area contributed by atoms with Gasteiger partial charge in [0.15, 0.2) is 0 Å². The molecule has 5 heteroatoms. The van der Waals surface area contributed by atoms with Crippen molar-refractivity contribution in [2.75, 3.05) is 0 Å². The van der Waals surface area contributed by atoms with Crippen molar-refractivity contribution in [1.29, 1.82) is 0 Å². The SMILES string of the molecule is C=S1(=O)Cc2sc3c(c2C(N)=N1)CCc1ccccc1-3. The highest BCUT2D eigenvalue weighted by molar-refractivity contribution is 7.98. The van der Waals surface area contributed by atoms with Gasteiger partial charge < -0.3 is 5.73 Å². The summed E-state index contributed by atoms with van der Waals surface area (Å²) < 4.78 is 16.3. The minimum atomic E-state index is -2.45. The van der Waals surface area contributed by atoms with Crippen molar-refractivity contribution in [1.82, 2.24) is 0 Å². The lowest BCUT2D eigenvalue weighted by molar-refractivity contribution is 0.682. The normalized spacial score (nSPS) is 23.5. The van der Waals surface area contributed by atoms with E-state index in [1.807, 2.05) is 0 Å². The second kappa shape index (κ2) is 3.96. The zero-order valence-corrected chi connectivity index (χ0v) is 12.5. The molecule has 3 nitrogen and oxygen atoms in total. The van der Waals surface area contributed by atoms with Gasteiger partial charge in [0.1, 0.15) is 5.84 Å². The number of thiophene rings is 1. The quantitative estimate of drug-likeness (QED) is 0.760. The predicted octanol–water partition coefficient (Wildman–Crippen LogP) is 2.36. The van der Waals surface area contributed by atoms with Gasteiger partial charge >= 0.3 is 0 Å². The Bertz CT molecular complexity index is 860. The zero-order valence-electron chi connectivity index (χ0n) is 10.9. The zero-order chi connectivity index (χ0) is 13.9. The van der Waals surface area contributed by atoms with Gasteiger partial charge in [0, 0.05) is 15.3 Å². The van der Waals surface area contributed by atoms with E-state index in [0.717, 1.165) is 23.3 Å². The molecule has 2 aliphatic rings. The Morgan fingerprint density at radius 2 is 2.10 bits per heavy atom. The second-order valence-corrected chi connectivity index (χ2v) is 8.38. The lowest BCUT2D eigenvalue weighted by atomic mass is 9.89. The molecule has 1 unspecified atom stereocenters. The van der Waals surface area contributed by atoms with Crippen LogP contribution in [0, 0.1) is 0 Å². The van der Waals surface area contributed by atoms with Crippen molar-refractivity contribution in [2.24, 2.45) is 10.1 Å². The molecule has 1 aromatic heterocycles. The molecular formula is C15H14N2OS2. The minimum absolute atomic E-state index is 0.406. The van der Waals surface area contributed by atoms with Gasteiger partial charge in [-0.2, -0.15) is 4.40 Å². The molecule has 102 valence electrons. The molecule has 0 amide bonds. The van der Waals surface area contributed by atoms with E-state index in [1.54, 1.807) is 11.3 Å². The van der Waals surface area contributed by atoms with Gasteiger partial charge in [-0.15, -0.1) is 11.3 Å². The number of amidine groups is 1. The van der Waals surface area contributed by atoms with Crippen molar-refractivity contribution in [2.45, 2.75) is 18.6 Å². The first-order valence-electron chi connectivity index (χ1n) is 6.49. The molecule has 0 bridgehead atoms. The molecule has 4 rings (SSSR count). The standard InChI is InChI=1S/C15H14N2OS2/c1-20(18)8-12-13(15(16)17-20)11-7-6-9-4-2-3-5-10(9)14(11)19-12/h2-5H,1,6-8H2,(H2,16,17,18). The highest BCUT2D eigenvalue weighted by Crippen LogP contribution is 2.44. The molecule has 0 fully saturated rings. The lowest BCUT2D eigenvalue weighted by Crippen LogP contribution is -2.23. The molecule has 0 saturated carbocycles. The van der Waals surface area contributed by atoms with Crippen LogP contribution in [0.4, 0.5) is 0 Å². The van der Waals surface area contributed by atoms with Crippen LogP contribution in [-0.2, 0) is 28.3 Å². The first-order chi connectivity index (χ1) is 9.55. The number of fused-ring (bicyclic) bond motifs is 5. The van der Waals surface area contributed by atoms with Gasteiger partial charge in [0.2, 0.25) is 0 Å². The molecule has 2 N–H and O–H groups in total. The molecule has 1 aromatic carbocycles. The summed E-state index contributed by atoms with van der Waals surface area (Å²) in [5.74, 6) is 4.52. The fourth-order valence-electron chi connectivity index (χ4n) is 3.05. The number of nitrogens with two attached hydrogens (primary N) is 1. The summed E-state index contributed by atoms with van der Waals surface area (Å²) in [6.07, 6.45) is 2.01. The van der Waals surface area contributed by atoms with E-state index in [0.29, 0.717) is 11.6 Å². The van der Waals surface area contributed by atoms with Crippen LogP contribution >= 0.6 is 11.3 Å². The van der Waals surface area contributed by atoms with Crippen molar-refractivity contribution < 1.29 is 4.21 Å². The van der Waals surface area contributed by atoms with Crippen LogP contribution in [0.15, 0.2) is 28.7 Å². The number of benzene rings is 1. The van der Waals surface area contributed by atoms with Crippen LogP contribution in [0.25, 0.3) is 10.4 Å². The van der Waals surface area contributed by atoms with Crippen molar-refractivity contribution in [3.8, 4) is 10.4 Å². The fourth-order valence-corrected chi connectivity index (χ4v) is 6.12. The molecule has 1 aliphatic heterocycles. The number of hydrogen-bond donors (Lipinski definition) is 1. The van der Waals surface area contributed by atoms with E-state index in [-0.39, 0.29) is 0 Å². The average Bonchev–Trinajstić information content (AvgIpc) is 2.75. The highest BCUT2D eigenvalue weighted by atomic mass is 32.2. The van der Waals surface area contributed by atoms with Crippen molar-refractivity contribution >= 4 is 32.8 Å². The highest BCUT2D eigenvalue weighted by Gasteiger charge is 2.29. The Hall–Kier alpha value is -1.59. The summed E-state index contributed by atoms with van der Waals surface area (Å²) in [5.41, 5.74) is 11.0. The Morgan fingerprint density at radius 3 is 2.95 bits per heavy atom. The summed E-state index contributed by atoms with van der Waals surface area (Å²) in [4.78, 5) is 2.35. The smallest absolute Gasteiger partial charge is 0.142 e. The number of nitrogens with zero attached hydrogens (tertiary/aromatic N) is 1. The van der Waals surface area contributed by atoms with Gasteiger partial charge in [-0.1, -0.05) is 24.3 Å².